The van der Waals surface area contributed by atoms with E-state index in [0.717, 1.165) is 98.2 Å². The molecule has 0 saturated carbocycles. The molecule has 18 rings (SSSR count). The largest absolute Gasteiger partial charge is 1.00 e. The Kier molecular flexibility index (Phi) is 39.3. The minimum Gasteiger partial charge on any atom is -0.662 e. The zero-order valence-electron chi connectivity index (χ0n) is 71.4. The van der Waals surface area contributed by atoms with Gasteiger partial charge in [-0.2, -0.15) is 65.9 Å². The molecule has 3 aliphatic heterocycles. The summed E-state index contributed by atoms with van der Waals surface area (Å²) in [6, 6.07) is 59.5. The van der Waals surface area contributed by atoms with Crippen LogP contribution in [0.25, 0.3) is 60.6 Å². The molecule has 0 saturated heterocycles. The molecule has 714 valence electrons. The molecule has 3 atom stereocenters. The standard InChI is InChI=1S/3C19H12BrF3N2O2.C18H12F3NO.C16H9BrF3NO.C3H6.CHBr2NO.CH2O3.Na/c3*20-18-10-16(27-25-18)11-7-15-14(5-2-6-24-15)17(8-11)26-13-4-1-3-12(9-13)19(21,22)23;1-2-12-9-16-15(7-4-8-22-16)17(10-12)23-14-6-3-5-13(11-14)18(19,20)21;17-11-8-14-13(5-2-6-21-14)15(9-11)22-12-4-1-3-10(7-12)16(18,19)20;1-3-2;2-1(3)4-5;2-1-4-3;/h3*1-9,16H,10H2;2-11H,1H2;1-9H;3H,1H2,2H3;5H;1,3H;/q;;;;;;;;+1/p-1/t2*16-;;;;;;;/m10......./s1. The van der Waals surface area contributed by atoms with Gasteiger partial charge in [-0.1, -0.05) is 85.6 Å². The summed E-state index contributed by atoms with van der Waals surface area (Å²) in [6.07, 6.45) is -9.80. The molecule has 1 N–H and O–H groups in total. The maximum atomic E-state index is 13.0. The summed E-state index contributed by atoms with van der Waals surface area (Å²) in [7, 11) is 0. The maximum Gasteiger partial charge on any atom is 1.00 e. The molecule has 0 spiro atoms. The molecule has 8 heterocycles. The van der Waals surface area contributed by atoms with Gasteiger partial charge in [0.05, 0.1) is 55.4 Å². The Morgan fingerprint density at radius 1 is 0.381 bits per heavy atom. The molecular formula is C96H65Br6F15N9NaO12. The summed E-state index contributed by atoms with van der Waals surface area (Å²) in [5, 5.41) is 33.8. The van der Waals surface area contributed by atoms with Gasteiger partial charge >= 0.3 is 60.4 Å². The molecule has 1 unspecified atom stereocenters. The SMILES string of the molecule is C=CC.C=Cc1cc(Oc2cccc(C(F)(F)F)c2)c2cccnc2c1.FC(F)(F)c1cccc(Oc2cc(Br)cc3ncccc23)c1.FC(F)(F)c1cccc(Oc2cc(C3CC(Br)=NO3)cc3ncccc23)c1.FC(F)(F)c1cccc(Oc2cc([C@@H]3CC(Br)=NO3)cc3ncccc23)c1.FC(F)(F)c1cccc(Oc2cc([C@H]3CC(Br)=NO3)cc3ncccc23)c1.O=CO[O-].ON=C(Br)Br.[Na+]. The number of aromatic nitrogens is 5. The van der Waals surface area contributed by atoms with Gasteiger partial charge in [-0.05, 0) is 304 Å². The van der Waals surface area contributed by atoms with E-state index in [1.807, 2.05) is 37.3 Å². The third-order valence-electron chi connectivity index (χ3n) is 18.8. The first-order valence-electron chi connectivity index (χ1n) is 39.6. The second-order valence-electron chi connectivity index (χ2n) is 28.4. The van der Waals surface area contributed by atoms with Crippen LogP contribution >= 0.6 is 95.6 Å². The van der Waals surface area contributed by atoms with Crippen LogP contribution in [0, 0.1) is 0 Å². The predicted molar refractivity (Wildman–Crippen MR) is 509 cm³/mol. The summed E-state index contributed by atoms with van der Waals surface area (Å²) >= 11 is 18.8. The summed E-state index contributed by atoms with van der Waals surface area (Å²) in [5.74, 6) is 2.61. The van der Waals surface area contributed by atoms with Gasteiger partial charge in [-0.3, -0.25) is 29.7 Å². The molecule has 10 aromatic carbocycles. The van der Waals surface area contributed by atoms with E-state index in [2.05, 4.69) is 159 Å². The Morgan fingerprint density at radius 2 is 0.612 bits per heavy atom. The van der Waals surface area contributed by atoms with Crippen molar-refractivity contribution in [1.82, 2.24) is 24.9 Å². The van der Waals surface area contributed by atoms with E-state index in [1.54, 1.807) is 134 Å². The van der Waals surface area contributed by atoms with Gasteiger partial charge in [0.15, 0.2) is 21.8 Å². The Labute approximate surface area is 852 Å². The van der Waals surface area contributed by atoms with Gasteiger partial charge in [0, 0.05) is 98.3 Å². The van der Waals surface area contributed by atoms with Crippen molar-refractivity contribution in [3.05, 3.63) is 347 Å². The smallest absolute Gasteiger partial charge is 0.662 e. The number of fused-ring (bicyclic) bond motifs is 5. The number of rotatable bonds is 15. The van der Waals surface area contributed by atoms with Crippen LogP contribution in [-0.2, 0) is 55.1 Å². The number of pyridine rings is 5. The summed E-state index contributed by atoms with van der Waals surface area (Å²) in [4.78, 5) is 48.8. The van der Waals surface area contributed by atoms with Crippen LogP contribution in [0.3, 0.4) is 0 Å². The second-order valence-corrected chi connectivity index (χ2v) is 34.6. The van der Waals surface area contributed by atoms with Crippen molar-refractivity contribution in [3.63, 3.8) is 0 Å². The van der Waals surface area contributed by atoms with Crippen LogP contribution in [0.2, 0.25) is 0 Å². The van der Waals surface area contributed by atoms with Crippen molar-refractivity contribution in [2.45, 2.75) is 75.4 Å². The molecule has 21 nitrogen and oxygen atoms in total. The molecule has 0 fully saturated rings. The molecular weight excluding hydrogens is 2260 g/mol. The van der Waals surface area contributed by atoms with Crippen LogP contribution in [0.4, 0.5) is 65.9 Å². The number of benzene rings is 10. The van der Waals surface area contributed by atoms with Gasteiger partial charge in [-0.15, -0.1) is 6.58 Å². The fourth-order valence-electron chi connectivity index (χ4n) is 12.8. The third-order valence-corrected chi connectivity index (χ3v) is 21.0. The first kappa shape index (κ1) is 109. The van der Waals surface area contributed by atoms with E-state index in [4.69, 9.17) is 53.5 Å². The topological polar surface area (TPSA) is 257 Å². The molecule has 0 amide bonds. The third kappa shape index (κ3) is 31.7. The number of alkyl halides is 15. The maximum absolute atomic E-state index is 13.0. The number of hydrogen-bond donors (Lipinski definition) is 1. The average molecular weight is 2320 g/mol. The van der Waals surface area contributed by atoms with E-state index < -0.39 is 58.7 Å². The Balaban J connectivity index is 0.000000174. The molecule has 5 aromatic heterocycles. The molecule has 15 aromatic rings. The summed E-state index contributed by atoms with van der Waals surface area (Å²) < 4.78 is 225. The van der Waals surface area contributed by atoms with Crippen LogP contribution in [0.15, 0.2) is 318 Å². The van der Waals surface area contributed by atoms with Crippen molar-refractivity contribution in [2.75, 3.05) is 0 Å². The van der Waals surface area contributed by atoms with Gasteiger partial charge in [-0.25, -0.2) is 0 Å². The quantitative estimate of drug-likeness (QED) is 0.0146. The second kappa shape index (κ2) is 50.1. The Morgan fingerprint density at radius 3 is 0.827 bits per heavy atom. The molecule has 0 aliphatic carbocycles. The first-order valence-corrected chi connectivity index (χ1v) is 44.4. The van der Waals surface area contributed by atoms with Crippen molar-refractivity contribution < 1.29 is 154 Å². The molecule has 139 heavy (non-hydrogen) atoms. The van der Waals surface area contributed by atoms with Crippen molar-refractivity contribution in [2.24, 2.45) is 20.6 Å². The van der Waals surface area contributed by atoms with Crippen LogP contribution in [0.5, 0.6) is 57.5 Å². The number of carbonyl (C=O) groups is 1. The summed E-state index contributed by atoms with van der Waals surface area (Å²) in [6.45, 7) is 8.77. The fourth-order valence-corrected chi connectivity index (χ4v) is 14.3. The van der Waals surface area contributed by atoms with E-state index >= 15 is 0 Å². The Bertz CT molecular complexity index is 6570. The van der Waals surface area contributed by atoms with Crippen molar-refractivity contribution in [1.29, 1.82) is 0 Å². The number of carbonyl (C=O) groups excluding carboxylic acids is 1. The average Bonchev–Trinajstić information content (AvgIpc) is 1.77. The van der Waals surface area contributed by atoms with E-state index in [9.17, 15) is 65.9 Å². The number of oxime groups is 4. The Hall–Kier alpha value is -12.1. The molecule has 0 bridgehead atoms. The normalized spacial score (nSPS) is 14.1. The number of ether oxygens (including phenoxy) is 5. The minimum absolute atomic E-state index is 0. The summed E-state index contributed by atoms with van der Waals surface area (Å²) in [5.41, 5.74) is 2.66. The van der Waals surface area contributed by atoms with Crippen LogP contribution < -0.4 is 58.5 Å². The van der Waals surface area contributed by atoms with Crippen LogP contribution in [-0.4, -0.2) is 54.0 Å². The monoisotopic (exact) mass is 2320 g/mol. The van der Waals surface area contributed by atoms with E-state index in [1.165, 1.54) is 60.7 Å². The number of allylic oxidation sites excluding steroid dienone is 1. The van der Waals surface area contributed by atoms with Crippen LogP contribution in [0.1, 0.15) is 94.6 Å². The minimum atomic E-state index is -4.44. The van der Waals surface area contributed by atoms with E-state index in [0.29, 0.717) is 109 Å². The fraction of sp³-hybridized carbons (Fsp3) is 0.125. The molecule has 43 heteroatoms. The predicted octanol–water partition coefficient (Wildman–Crippen LogP) is 28.3. The zero-order valence-corrected chi connectivity index (χ0v) is 82.9. The van der Waals surface area contributed by atoms with Gasteiger partial charge < -0.3 is 53.5 Å². The van der Waals surface area contributed by atoms with Gasteiger partial charge in [0.1, 0.15) is 71.4 Å². The van der Waals surface area contributed by atoms with Gasteiger partial charge in [0.25, 0.3) is 6.47 Å². The van der Waals surface area contributed by atoms with E-state index in [-0.39, 0.29) is 83.1 Å². The molecule has 3 aliphatic rings. The zero-order chi connectivity index (χ0) is 99.7. The van der Waals surface area contributed by atoms with Crippen molar-refractivity contribution in [3.8, 4) is 57.5 Å². The first-order chi connectivity index (χ1) is 65.7. The van der Waals surface area contributed by atoms with Crippen molar-refractivity contribution >= 4 is 180 Å². The number of hydrogen-bond acceptors (Lipinski definition) is 21. The number of nitrogens with zero attached hydrogens (tertiary/aromatic N) is 9. The molecule has 0 radical (unpaired) electrons. The number of halogens is 21. The van der Waals surface area contributed by atoms with Gasteiger partial charge in [0.2, 0.25) is 0 Å².